The summed E-state index contributed by atoms with van der Waals surface area (Å²) in [6.45, 7) is 1.50. The summed E-state index contributed by atoms with van der Waals surface area (Å²) in [5.41, 5.74) is -0.821. The van der Waals surface area contributed by atoms with Crippen molar-refractivity contribution in [3.05, 3.63) is 26.4 Å². The molecule has 7 nitrogen and oxygen atoms in total. The van der Waals surface area contributed by atoms with Crippen LogP contribution in [-0.4, -0.2) is 28.4 Å². The molecule has 0 amide bonds. The van der Waals surface area contributed by atoms with Crippen LogP contribution in [0, 0.1) is 16.7 Å². The summed E-state index contributed by atoms with van der Waals surface area (Å²) < 4.78 is 7.83. The van der Waals surface area contributed by atoms with Crippen molar-refractivity contribution in [1.82, 2.24) is 9.13 Å². The molecule has 1 saturated heterocycles. The third kappa shape index (κ3) is 2.47. The van der Waals surface area contributed by atoms with E-state index in [0.29, 0.717) is 5.82 Å². The monoisotopic (exact) mass is 318 g/mol. The number of nitrogens with one attached hydrogen (secondary N) is 1. The Labute approximate surface area is 134 Å². The highest BCUT2D eigenvalue weighted by Gasteiger charge is 2.44. The molecule has 124 valence electrons. The van der Waals surface area contributed by atoms with Crippen LogP contribution in [-0.2, 0) is 18.8 Å². The van der Waals surface area contributed by atoms with Crippen molar-refractivity contribution in [2.45, 2.75) is 38.1 Å². The largest absolute Gasteiger partial charge is 0.381 e. The van der Waals surface area contributed by atoms with E-state index in [9.17, 15) is 14.9 Å². The molecule has 7 heteroatoms. The first-order valence-electron chi connectivity index (χ1n) is 8.04. The molecular formula is C16H22N4O3. The molecule has 0 bridgehead atoms. The van der Waals surface area contributed by atoms with Gasteiger partial charge in [-0.05, 0) is 31.1 Å². The molecule has 1 spiro atoms. The van der Waals surface area contributed by atoms with Crippen LogP contribution in [0.15, 0.2) is 9.59 Å². The van der Waals surface area contributed by atoms with Crippen molar-refractivity contribution in [1.29, 1.82) is 5.26 Å². The zero-order valence-corrected chi connectivity index (χ0v) is 13.6. The smallest absolute Gasteiger partial charge is 0.332 e. The van der Waals surface area contributed by atoms with E-state index in [1.54, 1.807) is 7.05 Å². The van der Waals surface area contributed by atoms with Gasteiger partial charge in [-0.15, -0.1) is 0 Å². The lowest BCUT2D eigenvalue weighted by molar-refractivity contribution is 0.0133. The lowest BCUT2D eigenvalue weighted by Gasteiger charge is -2.39. The molecule has 2 aliphatic rings. The molecule has 2 heterocycles. The molecule has 1 aromatic heterocycles. The predicted octanol–water partition coefficient (Wildman–Crippen LogP) is 0.717. The Bertz CT molecular complexity index is 765. The zero-order chi connectivity index (χ0) is 16.6. The van der Waals surface area contributed by atoms with Gasteiger partial charge in [-0.1, -0.05) is 6.42 Å². The van der Waals surface area contributed by atoms with Gasteiger partial charge in [0.05, 0.1) is 0 Å². The minimum atomic E-state index is -0.544. The van der Waals surface area contributed by atoms with Crippen LogP contribution in [0.4, 0.5) is 5.82 Å². The van der Waals surface area contributed by atoms with Crippen LogP contribution in [0.5, 0.6) is 0 Å². The second-order valence-corrected chi connectivity index (χ2v) is 6.61. The standard InChI is InChI=1S/C16H22N4O3/c1-19-13(11(10-17)14(21)20(2)15(19)22)18-12-4-3-5-16(12)6-8-23-9-7-16/h12,18H,3-9H2,1-2H3/t12-/m1/s1. The summed E-state index contributed by atoms with van der Waals surface area (Å²) in [7, 11) is 2.99. The molecule has 0 radical (unpaired) electrons. The average Bonchev–Trinajstić information content (AvgIpc) is 2.93. The fraction of sp³-hybridized carbons (Fsp3) is 0.688. The molecular weight excluding hydrogens is 296 g/mol. The van der Waals surface area contributed by atoms with Crippen molar-refractivity contribution in [3.63, 3.8) is 0 Å². The molecule has 0 aromatic carbocycles. The molecule has 1 aliphatic heterocycles. The first-order chi connectivity index (χ1) is 11.0. The van der Waals surface area contributed by atoms with E-state index in [1.165, 1.54) is 11.6 Å². The van der Waals surface area contributed by atoms with E-state index in [0.717, 1.165) is 49.9 Å². The van der Waals surface area contributed by atoms with E-state index < -0.39 is 11.2 Å². The summed E-state index contributed by atoms with van der Waals surface area (Å²) in [6.07, 6.45) is 5.16. The van der Waals surface area contributed by atoms with E-state index >= 15 is 0 Å². The lowest BCUT2D eigenvalue weighted by Crippen LogP contribution is -2.44. The normalized spacial score (nSPS) is 22.9. The van der Waals surface area contributed by atoms with E-state index in [-0.39, 0.29) is 17.0 Å². The number of hydrogen-bond donors (Lipinski definition) is 1. The summed E-state index contributed by atoms with van der Waals surface area (Å²) >= 11 is 0. The number of nitriles is 1. The highest BCUT2D eigenvalue weighted by molar-refractivity contribution is 5.52. The molecule has 1 aromatic rings. The first-order valence-corrected chi connectivity index (χ1v) is 8.04. The van der Waals surface area contributed by atoms with Crippen molar-refractivity contribution < 1.29 is 4.74 Å². The zero-order valence-electron chi connectivity index (χ0n) is 13.6. The van der Waals surface area contributed by atoms with Crippen molar-refractivity contribution in [3.8, 4) is 6.07 Å². The van der Waals surface area contributed by atoms with Crippen LogP contribution >= 0.6 is 0 Å². The molecule has 0 unspecified atom stereocenters. The molecule has 1 saturated carbocycles. The van der Waals surface area contributed by atoms with Crippen LogP contribution in [0.3, 0.4) is 0 Å². The Morgan fingerprint density at radius 1 is 1.22 bits per heavy atom. The SMILES string of the molecule is Cn1c(N[C@@H]2CCCC23CCOCC3)c(C#N)c(=O)n(C)c1=O. The predicted molar refractivity (Wildman–Crippen MR) is 85.4 cm³/mol. The van der Waals surface area contributed by atoms with Gasteiger partial charge in [0.1, 0.15) is 11.9 Å². The number of hydrogen-bond acceptors (Lipinski definition) is 5. The quantitative estimate of drug-likeness (QED) is 0.868. The Morgan fingerprint density at radius 2 is 1.91 bits per heavy atom. The van der Waals surface area contributed by atoms with E-state index in [1.807, 2.05) is 6.07 Å². The van der Waals surface area contributed by atoms with Crippen LogP contribution in [0.2, 0.25) is 0 Å². The Morgan fingerprint density at radius 3 is 2.57 bits per heavy atom. The van der Waals surface area contributed by atoms with Gasteiger partial charge >= 0.3 is 5.69 Å². The fourth-order valence-electron chi connectivity index (χ4n) is 4.02. The fourth-order valence-corrected chi connectivity index (χ4v) is 4.02. The van der Waals surface area contributed by atoms with Gasteiger partial charge in [0.2, 0.25) is 0 Å². The van der Waals surface area contributed by atoms with Gasteiger partial charge in [0, 0.05) is 33.4 Å². The van der Waals surface area contributed by atoms with Gasteiger partial charge in [0.15, 0.2) is 5.56 Å². The summed E-state index contributed by atoms with van der Waals surface area (Å²) in [6, 6.07) is 2.12. The van der Waals surface area contributed by atoms with Crippen molar-refractivity contribution >= 4 is 5.82 Å². The first kappa shape index (κ1) is 15.8. The van der Waals surface area contributed by atoms with Gasteiger partial charge in [-0.3, -0.25) is 13.9 Å². The van der Waals surface area contributed by atoms with Crippen LogP contribution in [0.25, 0.3) is 0 Å². The topological polar surface area (TPSA) is 89.1 Å². The van der Waals surface area contributed by atoms with Gasteiger partial charge in [-0.25, -0.2) is 4.79 Å². The third-order valence-electron chi connectivity index (χ3n) is 5.48. The minimum Gasteiger partial charge on any atom is -0.381 e. The average molecular weight is 318 g/mol. The van der Waals surface area contributed by atoms with Crippen molar-refractivity contribution in [2.24, 2.45) is 19.5 Å². The molecule has 23 heavy (non-hydrogen) atoms. The second kappa shape index (κ2) is 5.85. The van der Waals surface area contributed by atoms with E-state index in [2.05, 4.69) is 5.32 Å². The van der Waals surface area contributed by atoms with Gasteiger partial charge in [0.25, 0.3) is 5.56 Å². The molecule has 1 atom stereocenters. The Balaban J connectivity index is 2.02. The molecule has 3 rings (SSSR count). The molecule has 1 N–H and O–H groups in total. The maximum Gasteiger partial charge on any atom is 0.332 e. The highest BCUT2D eigenvalue weighted by atomic mass is 16.5. The Hall–Kier alpha value is -2.07. The second-order valence-electron chi connectivity index (χ2n) is 6.61. The van der Waals surface area contributed by atoms with Gasteiger partial charge < -0.3 is 10.1 Å². The molecule has 1 aliphatic carbocycles. The maximum atomic E-state index is 12.2. The van der Waals surface area contributed by atoms with Crippen LogP contribution < -0.4 is 16.6 Å². The molecule has 2 fully saturated rings. The minimum absolute atomic E-state index is 0.00343. The van der Waals surface area contributed by atoms with Gasteiger partial charge in [-0.2, -0.15) is 5.26 Å². The highest BCUT2D eigenvalue weighted by Crippen LogP contribution is 2.47. The number of rotatable bonds is 2. The van der Waals surface area contributed by atoms with E-state index in [4.69, 9.17) is 4.74 Å². The number of ether oxygens (including phenoxy) is 1. The number of nitrogens with zero attached hydrogens (tertiary/aromatic N) is 3. The maximum absolute atomic E-state index is 12.2. The van der Waals surface area contributed by atoms with Crippen molar-refractivity contribution in [2.75, 3.05) is 18.5 Å². The summed E-state index contributed by atoms with van der Waals surface area (Å²) in [4.78, 5) is 24.4. The third-order valence-corrected chi connectivity index (χ3v) is 5.48. The lowest BCUT2D eigenvalue weighted by atomic mass is 9.75. The van der Waals surface area contributed by atoms with Crippen LogP contribution in [0.1, 0.15) is 37.7 Å². The summed E-state index contributed by atoms with van der Waals surface area (Å²) in [5.74, 6) is 0.346. The number of aromatic nitrogens is 2. The summed E-state index contributed by atoms with van der Waals surface area (Å²) in [5, 5.41) is 12.7. The Kier molecular flexibility index (Phi) is 4.02. The number of anilines is 1.